The van der Waals surface area contributed by atoms with E-state index >= 15 is 0 Å². The maximum Gasteiger partial charge on any atom is -0.000221 e. The van der Waals surface area contributed by atoms with Gasteiger partial charge in [-0.1, -0.05) is 49.4 Å². The predicted molar refractivity (Wildman–Crippen MR) is 76.6 cm³/mol. The summed E-state index contributed by atoms with van der Waals surface area (Å²) in [5, 5.41) is 4.37. The molecule has 88 valence electrons. The van der Waals surface area contributed by atoms with Gasteiger partial charge in [-0.2, -0.15) is 11.3 Å². The van der Waals surface area contributed by atoms with E-state index in [1.807, 2.05) is 0 Å². The number of thiophene rings is 1. The van der Waals surface area contributed by atoms with Gasteiger partial charge in [-0.05, 0) is 46.7 Å². The molecule has 0 aliphatic rings. The van der Waals surface area contributed by atoms with E-state index in [1.165, 1.54) is 11.1 Å². The molecular formula is C16H18S. The highest BCUT2D eigenvalue weighted by atomic mass is 32.1. The van der Waals surface area contributed by atoms with E-state index < -0.39 is 0 Å². The van der Waals surface area contributed by atoms with Gasteiger partial charge in [0.15, 0.2) is 0 Å². The zero-order valence-electron chi connectivity index (χ0n) is 10.2. The minimum absolute atomic E-state index is 0.539. The number of hydrogen-bond donors (Lipinski definition) is 0. The summed E-state index contributed by atoms with van der Waals surface area (Å²) in [6, 6.07) is 12.9. The largest absolute Gasteiger partial charge is 0.152 e. The Balaban J connectivity index is 1.79. The summed E-state index contributed by atoms with van der Waals surface area (Å²) in [4.78, 5) is 0. The number of allylic oxidation sites excluding steroid dienone is 2. The molecule has 0 fully saturated rings. The van der Waals surface area contributed by atoms with E-state index in [1.54, 1.807) is 11.3 Å². The Bertz CT molecular complexity index is 440. The van der Waals surface area contributed by atoms with Crippen molar-refractivity contribution < 1.29 is 0 Å². The molecule has 0 spiro atoms. The standard InChI is InChI=1S/C16H18S/c1-14(16-11-12-17-13-16)7-5-6-10-15-8-3-2-4-9-15/h2-5,7-9,11-14H,6,10H2,1H3/b7-5+. The van der Waals surface area contributed by atoms with Crippen LogP contribution in [0.2, 0.25) is 0 Å². The maximum atomic E-state index is 2.31. The van der Waals surface area contributed by atoms with Gasteiger partial charge in [-0.3, -0.25) is 0 Å². The average molecular weight is 242 g/mol. The first-order valence-electron chi connectivity index (χ1n) is 6.09. The van der Waals surface area contributed by atoms with Gasteiger partial charge in [-0.15, -0.1) is 0 Å². The third kappa shape index (κ3) is 3.86. The lowest BCUT2D eigenvalue weighted by atomic mass is 10.0. The van der Waals surface area contributed by atoms with Gasteiger partial charge in [0.25, 0.3) is 0 Å². The molecule has 17 heavy (non-hydrogen) atoms. The Kier molecular flexibility index (Phi) is 4.57. The van der Waals surface area contributed by atoms with Crippen molar-refractivity contribution in [1.82, 2.24) is 0 Å². The van der Waals surface area contributed by atoms with E-state index in [2.05, 4.69) is 66.2 Å². The molecule has 0 aliphatic heterocycles. The van der Waals surface area contributed by atoms with Gasteiger partial charge in [0, 0.05) is 0 Å². The van der Waals surface area contributed by atoms with E-state index in [-0.39, 0.29) is 0 Å². The fourth-order valence-corrected chi connectivity index (χ4v) is 2.60. The lowest BCUT2D eigenvalue weighted by Gasteiger charge is -2.02. The average Bonchev–Trinajstić information content (AvgIpc) is 2.89. The van der Waals surface area contributed by atoms with Crippen molar-refractivity contribution in [2.45, 2.75) is 25.7 Å². The van der Waals surface area contributed by atoms with Crippen molar-refractivity contribution >= 4 is 11.3 Å². The van der Waals surface area contributed by atoms with Gasteiger partial charge in [0.05, 0.1) is 0 Å². The highest BCUT2D eigenvalue weighted by Gasteiger charge is 2.00. The summed E-state index contributed by atoms with van der Waals surface area (Å²) in [5.74, 6) is 0.539. The summed E-state index contributed by atoms with van der Waals surface area (Å²) in [6.45, 7) is 2.25. The van der Waals surface area contributed by atoms with E-state index in [0.29, 0.717) is 5.92 Å². The molecule has 0 saturated heterocycles. The smallest absolute Gasteiger partial charge is 0.000221 e. The molecule has 0 nitrogen and oxygen atoms in total. The summed E-state index contributed by atoms with van der Waals surface area (Å²) in [5.41, 5.74) is 2.84. The third-order valence-electron chi connectivity index (χ3n) is 2.94. The number of hydrogen-bond acceptors (Lipinski definition) is 1. The molecular weight excluding hydrogens is 224 g/mol. The van der Waals surface area contributed by atoms with Crippen molar-refractivity contribution in [2.75, 3.05) is 0 Å². The molecule has 1 aromatic heterocycles. The summed E-state index contributed by atoms with van der Waals surface area (Å²) in [6.07, 6.45) is 6.87. The Morgan fingerprint density at radius 1 is 1.18 bits per heavy atom. The molecule has 1 heterocycles. The molecule has 0 N–H and O–H groups in total. The summed E-state index contributed by atoms with van der Waals surface area (Å²) < 4.78 is 0. The van der Waals surface area contributed by atoms with Crippen molar-refractivity contribution in [3.63, 3.8) is 0 Å². The van der Waals surface area contributed by atoms with Gasteiger partial charge in [0.1, 0.15) is 0 Å². The first-order valence-corrected chi connectivity index (χ1v) is 7.03. The number of aryl methyl sites for hydroxylation is 1. The first kappa shape index (κ1) is 12.1. The second-order valence-corrected chi connectivity index (χ2v) is 5.08. The van der Waals surface area contributed by atoms with Gasteiger partial charge in [0.2, 0.25) is 0 Å². The SMILES string of the molecule is CC(/C=C/CCc1ccccc1)c1ccsc1. The Morgan fingerprint density at radius 3 is 2.71 bits per heavy atom. The molecule has 1 unspecified atom stereocenters. The lowest BCUT2D eigenvalue weighted by molar-refractivity contribution is 0.940. The number of benzene rings is 1. The number of rotatable bonds is 5. The second-order valence-electron chi connectivity index (χ2n) is 4.30. The molecule has 0 saturated carbocycles. The van der Waals surface area contributed by atoms with E-state index in [9.17, 15) is 0 Å². The topological polar surface area (TPSA) is 0 Å². The molecule has 1 heteroatoms. The molecule has 1 atom stereocenters. The maximum absolute atomic E-state index is 2.31. The summed E-state index contributed by atoms with van der Waals surface area (Å²) in [7, 11) is 0. The van der Waals surface area contributed by atoms with Crippen LogP contribution in [0.4, 0.5) is 0 Å². The zero-order chi connectivity index (χ0) is 11.9. The van der Waals surface area contributed by atoms with Gasteiger partial charge >= 0.3 is 0 Å². The fraction of sp³-hybridized carbons (Fsp3) is 0.250. The minimum atomic E-state index is 0.539. The molecule has 2 aromatic rings. The van der Waals surface area contributed by atoms with Crippen LogP contribution < -0.4 is 0 Å². The highest BCUT2D eigenvalue weighted by molar-refractivity contribution is 7.07. The normalized spacial score (nSPS) is 13.0. The van der Waals surface area contributed by atoms with Crippen LogP contribution in [0.3, 0.4) is 0 Å². The predicted octanol–water partition coefficient (Wildman–Crippen LogP) is 5.04. The van der Waals surface area contributed by atoms with Crippen LogP contribution in [-0.4, -0.2) is 0 Å². The Hall–Kier alpha value is -1.34. The molecule has 0 bridgehead atoms. The first-order chi connectivity index (χ1) is 8.36. The van der Waals surface area contributed by atoms with Crippen LogP contribution in [0.25, 0.3) is 0 Å². The van der Waals surface area contributed by atoms with Crippen molar-refractivity contribution in [3.8, 4) is 0 Å². The van der Waals surface area contributed by atoms with Crippen LogP contribution in [0, 0.1) is 0 Å². The minimum Gasteiger partial charge on any atom is -0.152 e. The third-order valence-corrected chi connectivity index (χ3v) is 3.64. The van der Waals surface area contributed by atoms with E-state index in [0.717, 1.165) is 12.8 Å². The quantitative estimate of drug-likeness (QED) is 0.644. The van der Waals surface area contributed by atoms with Gasteiger partial charge in [-0.25, -0.2) is 0 Å². The summed E-state index contributed by atoms with van der Waals surface area (Å²) >= 11 is 1.77. The van der Waals surface area contributed by atoms with Crippen LogP contribution in [0.5, 0.6) is 0 Å². The second kappa shape index (κ2) is 6.41. The molecule has 0 radical (unpaired) electrons. The van der Waals surface area contributed by atoms with E-state index in [4.69, 9.17) is 0 Å². The van der Waals surface area contributed by atoms with Crippen LogP contribution in [0.1, 0.15) is 30.4 Å². The Morgan fingerprint density at radius 2 is 2.00 bits per heavy atom. The highest BCUT2D eigenvalue weighted by Crippen LogP contribution is 2.19. The van der Waals surface area contributed by atoms with Crippen molar-refractivity contribution in [1.29, 1.82) is 0 Å². The zero-order valence-corrected chi connectivity index (χ0v) is 11.0. The monoisotopic (exact) mass is 242 g/mol. The molecule has 0 aliphatic carbocycles. The molecule has 1 aromatic carbocycles. The van der Waals surface area contributed by atoms with Gasteiger partial charge < -0.3 is 0 Å². The lowest BCUT2D eigenvalue weighted by Crippen LogP contribution is -1.86. The van der Waals surface area contributed by atoms with Crippen molar-refractivity contribution in [2.24, 2.45) is 0 Å². The van der Waals surface area contributed by atoms with Crippen LogP contribution in [-0.2, 0) is 6.42 Å². The van der Waals surface area contributed by atoms with Crippen LogP contribution in [0.15, 0.2) is 59.3 Å². The molecule has 2 rings (SSSR count). The van der Waals surface area contributed by atoms with Crippen molar-refractivity contribution in [3.05, 3.63) is 70.4 Å². The Labute approximate surface area is 108 Å². The fourth-order valence-electron chi connectivity index (χ4n) is 1.84. The van der Waals surface area contributed by atoms with Crippen LogP contribution >= 0.6 is 11.3 Å². The molecule has 0 amide bonds.